The van der Waals surface area contributed by atoms with Gasteiger partial charge in [-0.15, -0.1) is 11.6 Å². The Kier molecular flexibility index (Phi) is 6.87. The van der Waals surface area contributed by atoms with Crippen molar-refractivity contribution in [2.24, 2.45) is 5.92 Å². The number of hydrogen-bond acceptors (Lipinski definition) is 1. The van der Waals surface area contributed by atoms with Gasteiger partial charge in [0.1, 0.15) is 0 Å². The lowest BCUT2D eigenvalue weighted by molar-refractivity contribution is 0.349. The predicted molar refractivity (Wildman–Crippen MR) is 56.9 cm³/mol. The van der Waals surface area contributed by atoms with Gasteiger partial charge in [0.25, 0.3) is 0 Å². The summed E-state index contributed by atoms with van der Waals surface area (Å²) in [6.45, 7) is 8.92. The van der Waals surface area contributed by atoms with Gasteiger partial charge in [0.2, 0.25) is 0 Å². The zero-order valence-electron chi connectivity index (χ0n) is 8.73. The van der Waals surface area contributed by atoms with Gasteiger partial charge in [0.15, 0.2) is 0 Å². The molecule has 74 valence electrons. The van der Waals surface area contributed by atoms with Crippen molar-refractivity contribution in [2.75, 3.05) is 5.88 Å². The van der Waals surface area contributed by atoms with E-state index in [1.165, 1.54) is 6.42 Å². The SMILES string of the molecule is CCC(C)NC(CCCl)C(C)C. The summed E-state index contributed by atoms with van der Waals surface area (Å²) >= 11 is 5.73. The lowest BCUT2D eigenvalue weighted by Crippen LogP contribution is -2.39. The average molecular weight is 192 g/mol. The quantitative estimate of drug-likeness (QED) is 0.637. The maximum absolute atomic E-state index is 5.73. The van der Waals surface area contributed by atoms with E-state index >= 15 is 0 Å². The topological polar surface area (TPSA) is 12.0 Å². The highest BCUT2D eigenvalue weighted by Gasteiger charge is 2.13. The van der Waals surface area contributed by atoms with Crippen LogP contribution in [0.5, 0.6) is 0 Å². The molecule has 0 aromatic heterocycles. The number of halogens is 1. The van der Waals surface area contributed by atoms with E-state index in [0.29, 0.717) is 18.0 Å². The predicted octanol–water partition coefficient (Wildman–Crippen LogP) is 3.03. The molecular formula is C10H22ClN. The first-order valence-corrected chi connectivity index (χ1v) is 5.47. The molecular weight excluding hydrogens is 170 g/mol. The second-order valence-electron chi connectivity index (χ2n) is 3.80. The summed E-state index contributed by atoms with van der Waals surface area (Å²) in [5.41, 5.74) is 0. The molecule has 2 heteroatoms. The van der Waals surface area contributed by atoms with Crippen molar-refractivity contribution in [3.8, 4) is 0 Å². The molecule has 1 N–H and O–H groups in total. The third kappa shape index (κ3) is 5.00. The lowest BCUT2D eigenvalue weighted by Gasteiger charge is -2.25. The molecule has 0 saturated heterocycles. The first kappa shape index (κ1) is 12.2. The molecule has 2 unspecified atom stereocenters. The Balaban J connectivity index is 3.77. The van der Waals surface area contributed by atoms with Crippen molar-refractivity contribution in [3.63, 3.8) is 0 Å². The molecule has 0 spiro atoms. The molecule has 0 amide bonds. The lowest BCUT2D eigenvalue weighted by atomic mass is 10.0. The van der Waals surface area contributed by atoms with Gasteiger partial charge < -0.3 is 5.32 Å². The van der Waals surface area contributed by atoms with Gasteiger partial charge >= 0.3 is 0 Å². The van der Waals surface area contributed by atoms with Crippen molar-refractivity contribution in [3.05, 3.63) is 0 Å². The third-order valence-electron chi connectivity index (χ3n) is 2.34. The first-order valence-electron chi connectivity index (χ1n) is 4.93. The highest BCUT2D eigenvalue weighted by molar-refractivity contribution is 6.17. The number of nitrogens with one attached hydrogen (secondary N) is 1. The summed E-state index contributed by atoms with van der Waals surface area (Å²) in [7, 11) is 0. The molecule has 0 aromatic carbocycles. The van der Waals surface area contributed by atoms with E-state index in [-0.39, 0.29) is 0 Å². The molecule has 0 saturated carbocycles. The zero-order chi connectivity index (χ0) is 9.56. The van der Waals surface area contributed by atoms with Gasteiger partial charge in [-0.05, 0) is 25.7 Å². The van der Waals surface area contributed by atoms with Crippen LogP contribution in [-0.4, -0.2) is 18.0 Å². The monoisotopic (exact) mass is 191 g/mol. The summed E-state index contributed by atoms with van der Waals surface area (Å²) in [6.07, 6.45) is 2.26. The van der Waals surface area contributed by atoms with Crippen LogP contribution < -0.4 is 5.32 Å². The molecule has 1 nitrogen and oxygen atoms in total. The summed E-state index contributed by atoms with van der Waals surface area (Å²) in [5.74, 6) is 1.43. The van der Waals surface area contributed by atoms with Gasteiger partial charge in [0.05, 0.1) is 0 Å². The first-order chi connectivity index (χ1) is 5.61. The van der Waals surface area contributed by atoms with Gasteiger partial charge in [-0.3, -0.25) is 0 Å². The Labute approximate surface area is 81.9 Å². The Morgan fingerprint density at radius 3 is 2.17 bits per heavy atom. The maximum Gasteiger partial charge on any atom is 0.0238 e. The van der Waals surface area contributed by atoms with E-state index in [1.807, 2.05) is 0 Å². The van der Waals surface area contributed by atoms with E-state index in [2.05, 4.69) is 33.0 Å². The molecule has 0 aliphatic carbocycles. The fraction of sp³-hybridized carbons (Fsp3) is 1.00. The third-order valence-corrected chi connectivity index (χ3v) is 2.55. The van der Waals surface area contributed by atoms with Crippen LogP contribution in [-0.2, 0) is 0 Å². The number of hydrogen-bond donors (Lipinski definition) is 1. The van der Waals surface area contributed by atoms with Crippen LogP contribution in [0.3, 0.4) is 0 Å². The molecule has 0 fully saturated rings. The standard InChI is InChI=1S/C10H22ClN/c1-5-9(4)12-10(6-7-11)8(2)3/h8-10,12H,5-7H2,1-4H3. The number of alkyl halides is 1. The molecule has 0 bridgehead atoms. The van der Waals surface area contributed by atoms with Crippen LogP contribution in [0.25, 0.3) is 0 Å². The van der Waals surface area contributed by atoms with Crippen LogP contribution in [0.15, 0.2) is 0 Å². The van der Waals surface area contributed by atoms with E-state index in [4.69, 9.17) is 11.6 Å². The summed E-state index contributed by atoms with van der Waals surface area (Å²) in [4.78, 5) is 0. The van der Waals surface area contributed by atoms with Crippen LogP contribution in [0, 0.1) is 5.92 Å². The highest BCUT2D eigenvalue weighted by Crippen LogP contribution is 2.08. The Hall–Kier alpha value is 0.250. The minimum atomic E-state index is 0.581. The second kappa shape index (κ2) is 6.73. The van der Waals surface area contributed by atoms with Crippen LogP contribution in [0.2, 0.25) is 0 Å². The Morgan fingerprint density at radius 2 is 1.83 bits per heavy atom. The summed E-state index contributed by atoms with van der Waals surface area (Å²) in [6, 6.07) is 1.19. The van der Waals surface area contributed by atoms with Gasteiger partial charge in [-0.25, -0.2) is 0 Å². The maximum atomic E-state index is 5.73. The van der Waals surface area contributed by atoms with Crippen molar-refractivity contribution in [2.45, 2.75) is 52.6 Å². The van der Waals surface area contributed by atoms with Gasteiger partial charge in [-0.2, -0.15) is 0 Å². The minimum absolute atomic E-state index is 0.581. The molecule has 0 heterocycles. The fourth-order valence-corrected chi connectivity index (χ4v) is 1.45. The molecule has 0 rings (SSSR count). The van der Waals surface area contributed by atoms with E-state index in [1.54, 1.807) is 0 Å². The van der Waals surface area contributed by atoms with E-state index < -0.39 is 0 Å². The summed E-state index contributed by atoms with van der Waals surface area (Å²) < 4.78 is 0. The highest BCUT2D eigenvalue weighted by atomic mass is 35.5. The smallest absolute Gasteiger partial charge is 0.0238 e. The number of rotatable bonds is 6. The Morgan fingerprint density at radius 1 is 1.25 bits per heavy atom. The molecule has 0 aromatic rings. The molecule has 0 radical (unpaired) electrons. The fourth-order valence-electron chi connectivity index (χ4n) is 1.21. The van der Waals surface area contributed by atoms with Crippen molar-refractivity contribution >= 4 is 11.6 Å². The minimum Gasteiger partial charge on any atom is -0.311 e. The van der Waals surface area contributed by atoms with Gasteiger partial charge in [0, 0.05) is 18.0 Å². The molecule has 12 heavy (non-hydrogen) atoms. The molecule has 0 aliphatic heterocycles. The van der Waals surface area contributed by atoms with E-state index in [9.17, 15) is 0 Å². The molecule has 0 aliphatic rings. The van der Waals surface area contributed by atoms with Crippen LogP contribution in [0.1, 0.15) is 40.5 Å². The normalized spacial score (nSPS) is 16.5. The average Bonchev–Trinajstić information content (AvgIpc) is 2.03. The Bertz CT molecular complexity index is 104. The molecule has 2 atom stereocenters. The second-order valence-corrected chi connectivity index (χ2v) is 4.18. The van der Waals surface area contributed by atoms with E-state index in [0.717, 1.165) is 12.3 Å². The van der Waals surface area contributed by atoms with Crippen LogP contribution in [0.4, 0.5) is 0 Å². The summed E-state index contributed by atoms with van der Waals surface area (Å²) in [5, 5.41) is 3.58. The van der Waals surface area contributed by atoms with Gasteiger partial charge in [-0.1, -0.05) is 20.8 Å². The van der Waals surface area contributed by atoms with Crippen LogP contribution >= 0.6 is 11.6 Å². The van der Waals surface area contributed by atoms with Crippen molar-refractivity contribution in [1.82, 2.24) is 5.32 Å². The zero-order valence-corrected chi connectivity index (χ0v) is 9.49. The van der Waals surface area contributed by atoms with Crippen molar-refractivity contribution < 1.29 is 0 Å². The largest absolute Gasteiger partial charge is 0.311 e. The van der Waals surface area contributed by atoms with Crippen molar-refractivity contribution in [1.29, 1.82) is 0 Å².